The molecule has 0 aliphatic carbocycles. The third-order valence-corrected chi connectivity index (χ3v) is 8.59. The number of benzene rings is 2. The van der Waals surface area contributed by atoms with Crippen LogP contribution in [0.1, 0.15) is 38.7 Å². The van der Waals surface area contributed by atoms with Gasteiger partial charge >= 0.3 is 6.09 Å². The first-order chi connectivity index (χ1) is 14.6. The molecule has 31 heavy (non-hydrogen) atoms. The van der Waals surface area contributed by atoms with Gasteiger partial charge in [0.25, 0.3) is 0 Å². The predicted molar refractivity (Wildman–Crippen MR) is 129 cm³/mol. The van der Waals surface area contributed by atoms with Crippen LogP contribution in [0, 0.1) is 5.41 Å². The summed E-state index contributed by atoms with van der Waals surface area (Å²) >= 11 is 14.6. The summed E-state index contributed by atoms with van der Waals surface area (Å²) < 4.78 is 0. The fourth-order valence-electron chi connectivity index (χ4n) is 5.40. The number of hydrogen-bond acceptors (Lipinski definition) is 3. The van der Waals surface area contributed by atoms with Gasteiger partial charge in [-0.25, -0.2) is 4.79 Å². The van der Waals surface area contributed by atoms with Crippen LogP contribution in [0.5, 0.6) is 0 Å². The molecule has 0 aromatic heterocycles. The van der Waals surface area contributed by atoms with Gasteiger partial charge in [-0.3, -0.25) is 0 Å². The van der Waals surface area contributed by atoms with Gasteiger partial charge < -0.3 is 14.9 Å². The van der Waals surface area contributed by atoms with Crippen molar-refractivity contribution in [1.29, 1.82) is 0 Å². The van der Waals surface area contributed by atoms with Crippen LogP contribution in [0.25, 0.3) is 11.1 Å². The predicted octanol–water partition coefficient (Wildman–Crippen LogP) is 6.84. The minimum absolute atomic E-state index is 0.138. The minimum Gasteiger partial charge on any atom is -0.465 e. The lowest BCUT2D eigenvalue weighted by Crippen LogP contribution is -2.55. The van der Waals surface area contributed by atoms with Gasteiger partial charge in [0.05, 0.1) is 5.69 Å². The number of fused-ring (bicyclic) bond motifs is 3. The van der Waals surface area contributed by atoms with Gasteiger partial charge in [-0.15, -0.1) is 11.8 Å². The monoisotopic (exact) mass is 476 g/mol. The molecule has 3 aliphatic heterocycles. The van der Waals surface area contributed by atoms with Crippen molar-refractivity contribution in [3.63, 3.8) is 0 Å². The van der Waals surface area contributed by atoms with E-state index in [2.05, 4.69) is 37.8 Å². The zero-order valence-corrected chi connectivity index (χ0v) is 20.2. The maximum Gasteiger partial charge on any atom is 0.407 e. The third kappa shape index (κ3) is 3.49. The highest BCUT2D eigenvalue weighted by Crippen LogP contribution is 2.56. The van der Waals surface area contributed by atoms with E-state index in [1.54, 1.807) is 11.0 Å². The molecule has 3 heterocycles. The van der Waals surface area contributed by atoms with E-state index in [1.807, 2.05) is 23.9 Å². The van der Waals surface area contributed by atoms with Crippen molar-refractivity contribution < 1.29 is 9.90 Å². The average Bonchev–Trinajstić information content (AvgIpc) is 3.02. The van der Waals surface area contributed by atoms with Crippen molar-refractivity contribution in [2.45, 2.75) is 50.1 Å². The largest absolute Gasteiger partial charge is 0.465 e. The Kier molecular flexibility index (Phi) is 5.15. The van der Waals surface area contributed by atoms with Crippen molar-refractivity contribution in [2.24, 2.45) is 5.41 Å². The molecular formula is C24H26Cl2N2O2S. The summed E-state index contributed by atoms with van der Waals surface area (Å²) in [7, 11) is 0. The molecule has 0 spiro atoms. The van der Waals surface area contributed by atoms with Crippen LogP contribution in [-0.2, 0) is 0 Å². The van der Waals surface area contributed by atoms with Crippen LogP contribution in [-0.4, -0.2) is 47.0 Å². The van der Waals surface area contributed by atoms with Crippen LogP contribution in [0.2, 0.25) is 10.0 Å². The van der Waals surface area contributed by atoms with E-state index >= 15 is 0 Å². The van der Waals surface area contributed by atoms with Gasteiger partial charge in [-0.2, -0.15) is 0 Å². The van der Waals surface area contributed by atoms with Crippen molar-refractivity contribution in [3.05, 3.63) is 45.9 Å². The van der Waals surface area contributed by atoms with Crippen LogP contribution in [0.3, 0.4) is 0 Å². The molecule has 3 aliphatic rings. The van der Waals surface area contributed by atoms with E-state index < -0.39 is 6.09 Å². The smallest absolute Gasteiger partial charge is 0.407 e. The first kappa shape index (κ1) is 21.3. The van der Waals surface area contributed by atoms with Crippen LogP contribution >= 0.6 is 35.0 Å². The summed E-state index contributed by atoms with van der Waals surface area (Å²) in [6.45, 7) is 8.07. The molecule has 1 saturated heterocycles. The second-order valence-electron chi connectivity index (χ2n) is 9.83. The van der Waals surface area contributed by atoms with Crippen molar-refractivity contribution in [2.75, 3.05) is 23.7 Å². The van der Waals surface area contributed by atoms with Crippen molar-refractivity contribution >= 4 is 46.7 Å². The Labute approximate surface area is 197 Å². The molecule has 2 aromatic rings. The number of likely N-dealkylation sites (tertiary alicyclic amines) is 1. The van der Waals surface area contributed by atoms with Crippen molar-refractivity contribution in [3.8, 4) is 11.1 Å². The summed E-state index contributed by atoms with van der Waals surface area (Å²) in [6, 6.07) is 10.9. The number of anilines is 1. The summed E-state index contributed by atoms with van der Waals surface area (Å²) in [4.78, 5) is 17.2. The molecule has 3 atom stereocenters. The fraction of sp³-hybridized carbons (Fsp3) is 0.458. The zero-order valence-electron chi connectivity index (χ0n) is 17.9. The maximum atomic E-state index is 11.8. The summed E-state index contributed by atoms with van der Waals surface area (Å²) in [5.74, 6) is 1.20. The second-order valence-corrected chi connectivity index (χ2v) is 11.7. The van der Waals surface area contributed by atoms with Gasteiger partial charge in [0.2, 0.25) is 0 Å². The van der Waals surface area contributed by atoms with Crippen molar-refractivity contribution in [1.82, 2.24) is 4.90 Å². The van der Waals surface area contributed by atoms with E-state index in [0.717, 1.165) is 23.3 Å². The lowest BCUT2D eigenvalue weighted by Gasteiger charge is -2.48. The Bertz CT molecular complexity index is 1070. The number of amides is 1. The standard InChI is InChI=1S/C24H26Cl2N2O2S/c1-24(2,3)21-12-31-20-9-13(15-5-4-14(25)10-18(15)26)8-16-17-11-27(23(29)30)7-6-19(17)28(21)22(16)20/h4-5,8-10,17,19,21H,6-7,11-12H2,1-3H3,(H,29,30)/t17-,19-,21?/m0/s1. The maximum absolute atomic E-state index is 11.8. The van der Waals surface area contributed by atoms with Crippen LogP contribution in [0.15, 0.2) is 35.2 Å². The second kappa shape index (κ2) is 7.50. The van der Waals surface area contributed by atoms with E-state index in [4.69, 9.17) is 23.2 Å². The summed E-state index contributed by atoms with van der Waals surface area (Å²) in [5.41, 5.74) is 4.75. The number of nitrogens with zero attached hydrogens (tertiary/aromatic N) is 2. The van der Waals surface area contributed by atoms with Gasteiger partial charge in [0, 0.05) is 57.3 Å². The normalized spacial score (nSPS) is 24.7. The molecule has 7 heteroatoms. The molecule has 1 unspecified atom stereocenters. The first-order valence-electron chi connectivity index (χ1n) is 10.7. The van der Waals surface area contributed by atoms with E-state index in [1.165, 1.54) is 16.1 Å². The lowest BCUT2D eigenvalue weighted by atomic mass is 9.84. The van der Waals surface area contributed by atoms with Gasteiger partial charge in [-0.05, 0) is 47.2 Å². The molecule has 0 saturated carbocycles. The highest BCUT2D eigenvalue weighted by Gasteiger charge is 2.50. The zero-order chi connectivity index (χ0) is 22.1. The van der Waals surface area contributed by atoms with E-state index in [0.29, 0.717) is 35.2 Å². The number of piperidine rings is 1. The third-order valence-electron chi connectivity index (χ3n) is 6.94. The summed E-state index contributed by atoms with van der Waals surface area (Å²) in [5, 5.41) is 10.9. The van der Waals surface area contributed by atoms with Gasteiger partial charge in [0.15, 0.2) is 0 Å². The number of hydrogen-bond donors (Lipinski definition) is 1. The molecule has 5 rings (SSSR count). The highest BCUT2D eigenvalue weighted by atomic mass is 35.5. The minimum atomic E-state index is -0.827. The average molecular weight is 477 g/mol. The number of rotatable bonds is 1. The molecule has 4 nitrogen and oxygen atoms in total. The molecule has 1 fully saturated rings. The highest BCUT2D eigenvalue weighted by molar-refractivity contribution is 7.99. The fourth-order valence-corrected chi connectivity index (χ4v) is 7.48. The number of carbonyl (C=O) groups is 1. The van der Waals surface area contributed by atoms with Gasteiger partial charge in [0.1, 0.15) is 0 Å². The summed E-state index contributed by atoms with van der Waals surface area (Å²) in [6.07, 6.45) is 0.0338. The Hall–Kier alpha value is -1.56. The van der Waals surface area contributed by atoms with Crippen LogP contribution < -0.4 is 4.90 Å². The number of thioether (sulfide) groups is 1. The number of halogens is 2. The van der Waals surface area contributed by atoms with Crippen LogP contribution in [0.4, 0.5) is 10.5 Å². The lowest BCUT2D eigenvalue weighted by molar-refractivity contribution is 0.124. The molecule has 0 radical (unpaired) electrons. The Morgan fingerprint density at radius 2 is 1.97 bits per heavy atom. The Morgan fingerprint density at radius 1 is 1.19 bits per heavy atom. The quantitative estimate of drug-likeness (QED) is 0.489. The van der Waals surface area contributed by atoms with E-state index in [9.17, 15) is 9.90 Å². The Balaban J connectivity index is 1.67. The molecular weight excluding hydrogens is 451 g/mol. The topological polar surface area (TPSA) is 43.8 Å². The van der Waals surface area contributed by atoms with E-state index in [-0.39, 0.29) is 11.3 Å². The molecule has 0 bridgehead atoms. The molecule has 1 N–H and O–H groups in total. The number of carboxylic acid groups (broad SMARTS) is 1. The first-order valence-corrected chi connectivity index (χ1v) is 12.4. The molecule has 2 aromatic carbocycles. The molecule has 1 amide bonds. The SMILES string of the molecule is CC(C)(C)C1CSc2cc(-c3ccc(Cl)cc3Cl)cc3c2N1[C@H]1CCN(C(=O)O)C[C@@H]31. The Morgan fingerprint density at radius 3 is 2.65 bits per heavy atom. The van der Waals surface area contributed by atoms with Gasteiger partial charge in [-0.1, -0.05) is 50.0 Å². The molecule has 164 valence electrons.